The quantitative estimate of drug-likeness (QED) is 0.421. The lowest BCUT2D eigenvalue weighted by atomic mass is 10.1. The lowest BCUT2D eigenvalue weighted by Crippen LogP contribution is -2.23. The second-order valence-electron chi connectivity index (χ2n) is 7.53. The van der Waals surface area contributed by atoms with Crippen molar-refractivity contribution in [2.45, 2.75) is 13.3 Å². The molecule has 2 N–H and O–H groups in total. The summed E-state index contributed by atoms with van der Waals surface area (Å²) < 4.78 is 36.9. The molecular weight excluding hydrogens is 436 g/mol. The van der Waals surface area contributed by atoms with E-state index < -0.39 is 10.0 Å². The number of sulfonamides is 1. The largest absolute Gasteiger partial charge is 0.454 e. The van der Waals surface area contributed by atoms with Gasteiger partial charge < -0.3 is 14.5 Å². The zero-order valence-electron chi connectivity index (χ0n) is 18.3. The number of aryl methyl sites for hydroxylation is 1. The lowest BCUT2D eigenvalue weighted by molar-refractivity contribution is 0.174. The maximum atomic E-state index is 12.1. The summed E-state index contributed by atoms with van der Waals surface area (Å²) in [5.41, 5.74) is 4.17. The Bertz CT molecular complexity index is 1320. The Kier molecular flexibility index (Phi) is 7.12. The highest BCUT2D eigenvalue weighted by Gasteiger charge is 2.10. The first-order chi connectivity index (χ1) is 16.0. The number of rotatable bonds is 6. The number of fused-ring (bicyclic) bond motifs is 2. The van der Waals surface area contributed by atoms with Crippen LogP contribution in [0.25, 0.3) is 17.0 Å². The minimum absolute atomic E-state index is 0.360. The summed E-state index contributed by atoms with van der Waals surface area (Å²) in [4.78, 5) is 3.33. The first kappa shape index (κ1) is 22.6. The Morgan fingerprint density at radius 1 is 0.909 bits per heavy atom. The number of aromatic nitrogens is 1. The number of aromatic amines is 1. The Labute approximate surface area is 193 Å². The van der Waals surface area contributed by atoms with E-state index >= 15 is 0 Å². The standard InChI is InChI=1S/C19H20N2O2S.C7H6O2/c1-15-17(18-9-5-6-10-19(18)21-15)11-13-20-24(22,23)14-12-16-7-3-2-4-8-16;1-2-4-7-6(3-1)8-5-9-7/h2-10,12,14,20-21H,11,13H2,1H3;1-4H,5H2/b14-12+;. The average molecular weight is 463 g/mol. The summed E-state index contributed by atoms with van der Waals surface area (Å²) in [5.74, 6) is 1.69. The molecule has 0 aliphatic carbocycles. The summed E-state index contributed by atoms with van der Waals surface area (Å²) >= 11 is 0. The SMILES string of the molecule is Cc1[nH]c2ccccc2c1CCNS(=O)(=O)/C=C/c1ccccc1.c1ccc2c(c1)OCO2. The molecule has 170 valence electrons. The van der Waals surface area contributed by atoms with Gasteiger partial charge in [0.25, 0.3) is 0 Å². The van der Waals surface area contributed by atoms with Crippen LogP contribution in [-0.4, -0.2) is 26.7 Å². The molecule has 1 aliphatic heterocycles. The monoisotopic (exact) mass is 462 g/mol. The molecule has 3 aromatic carbocycles. The van der Waals surface area contributed by atoms with Crippen molar-refractivity contribution in [3.8, 4) is 11.5 Å². The van der Waals surface area contributed by atoms with E-state index in [1.54, 1.807) is 6.08 Å². The maximum absolute atomic E-state index is 12.1. The smallest absolute Gasteiger partial charge is 0.233 e. The van der Waals surface area contributed by atoms with Gasteiger partial charge in [-0.25, -0.2) is 13.1 Å². The van der Waals surface area contributed by atoms with Gasteiger partial charge in [0, 0.05) is 28.5 Å². The van der Waals surface area contributed by atoms with E-state index in [9.17, 15) is 8.42 Å². The molecule has 5 rings (SSSR count). The molecule has 0 fully saturated rings. The van der Waals surface area contributed by atoms with Crippen LogP contribution < -0.4 is 14.2 Å². The molecule has 2 heterocycles. The molecule has 0 atom stereocenters. The van der Waals surface area contributed by atoms with Gasteiger partial charge in [-0.15, -0.1) is 0 Å². The first-order valence-corrected chi connectivity index (χ1v) is 12.2. The van der Waals surface area contributed by atoms with Crippen LogP contribution in [0, 0.1) is 6.92 Å². The van der Waals surface area contributed by atoms with Crippen LogP contribution in [0.2, 0.25) is 0 Å². The van der Waals surface area contributed by atoms with Gasteiger partial charge in [0.05, 0.1) is 0 Å². The highest BCUT2D eigenvalue weighted by atomic mass is 32.2. The fourth-order valence-electron chi connectivity index (χ4n) is 3.60. The number of hydrogen-bond acceptors (Lipinski definition) is 4. The van der Waals surface area contributed by atoms with Crippen molar-refractivity contribution in [2.75, 3.05) is 13.3 Å². The predicted octanol–water partition coefficient (Wildman–Crippen LogP) is 5.02. The van der Waals surface area contributed by atoms with Gasteiger partial charge in [-0.05, 0) is 48.7 Å². The minimum atomic E-state index is -3.44. The fraction of sp³-hybridized carbons (Fsp3) is 0.154. The van der Waals surface area contributed by atoms with Crippen LogP contribution in [0.4, 0.5) is 0 Å². The van der Waals surface area contributed by atoms with E-state index in [0.717, 1.165) is 39.2 Å². The van der Waals surface area contributed by atoms with Crippen molar-refractivity contribution in [3.05, 3.63) is 101 Å². The highest BCUT2D eigenvalue weighted by Crippen LogP contribution is 2.30. The topological polar surface area (TPSA) is 80.4 Å². The van der Waals surface area contributed by atoms with Crippen molar-refractivity contribution < 1.29 is 17.9 Å². The molecule has 0 bridgehead atoms. The van der Waals surface area contributed by atoms with Crippen LogP contribution in [0.3, 0.4) is 0 Å². The lowest BCUT2D eigenvalue weighted by Gasteiger charge is -2.04. The molecular formula is C26H26N2O4S. The van der Waals surface area contributed by atoms with Crippen molar-refractivity contribution in [1.82, 2.24) is 9.71 Å². The number of nitrogens with one attached hydrogen (secondary N) is 2. The van der Waals surface area contributed by atoms with Crippen LogP contribution in [0.15, 0.2) is 84.3 Å². The molecule has 0 radical (unpaired) electrons. The van der Waals surface area contributed by atoms with Crippen molar-refractivity contribution in [1.29, 1.82) is 0 Å². The van der Waals surface area contributed by atoms with Crippen LogP contribution in [0.1, 0.15) is 16.8 Å². The summed E-state index contributed by atoms with van der Waals surface area (Å²) in [6, 6.07) is 25.1. The fourth-order valence-corrected chi connectivity index (χ4v) is 4.42. The molecule has 4 aromatic rings. The van der Waals surface area contributed by atoms with Gasteiger partial charge in [-0.1, -0.05) is 60.7 Å². The molecule has 1 aliphatic rings. The molecule has 0 spiro atoms. The van der Waals surface area contributed by atoms with E-state index in [2.05, 4.69) is 15.8 Å². The van der Waals surface area contributed by atoms with Gasteiger partial charge in [-0.2, -0.15) is 0 Å². The summed E-state index contributed by atoms with van der Waals surface area (Å²) in [5, 5.41) is 2.36. The molecule has 0 saturated carbocycles. The summed E-state index contributed by atoms with van der Waals surface area (Å²) in [6.45, 7) is 2.74. The second kappa shape index (κ2) is 10.4. The number of para-hydroxylation sites is 3. The van der Waals surface area contributed by atoms with E-state index in [4.69, 9.17) is 9.47 Å². The maximum Gasteiger partial charge on any atom is 0.233 e. The third-order valence-electron chi connectivity index (χ3n) is 5.22. The van der Waals surface area contributed by atoms with E-state index in [0.29, 0.717) is 19.8 Å². The van der Waals surface area contributed by atoms with E-state index in [1.165, 1.54) is 5.41 Å². The van der Waals surface area contributed by atoms with Gasteiger partial charge in [0.1, 0.15) is 0 Å². The van der Waals surface area contributed by atoms with Gasteiger partial charge in [0.15, 0.2) is 11.5 Å². The second-order valence-corrected chi connectivity index (χ2v) is 9.18. The molecule has 0 saturated heterocycles. The normalized spacial score (nSPS) is 12.6. The third-order valence-corrected chi connectivity index (χ3v) is 6.32. The summed E-state index contributed by atoms with van der Waals surface area (Å²) in [7, 11) is -3.44. The Morgan fingerprint density at radius 3 is 2.27 bits per heavy atom. The number of ether oxygens (including phenoxy) is 2. The zero-order chi connectivity index (χ0) is 23.1. The number of hydrogen-bond donors (Lipinski definition) is 2. The van der Waals surface area contributed by atoms with Crippen molar-refractivity contribution >= 4 is 27.0 Å². The number of H-pyrrole nitrogens is 1. The molecule has 33 heavy (non-hydrogen) atoms. The van der Waals surface area contributed by atoms with Gasteiger partial charge in [0.2, 0.25) is 16.8 Å². The molecule has 0 amide bonds. The van der Waals surface area contributed by atoms with Crippen LogP contribution in [0.5, 0.6) is 11.5 Å². The minimum Gasteiger partial charge on any atom is -0.454 e. The third kappa shape index (κ3) is 6.03. The first-order valence-electron chi connectivity index (χ1n) is 10.7. The predicted molar refractivity (Wildman–Crippen MR) is 132 cm³/mol. The highest BCUT2D eigenvalue weighted by molar-refractivity contribution is 7.92. The van der Waals surface area contributed by atoms with E-state index in [-0.39, 0.29) is 0 Å². The van der Waals surface area contributed by atoms with Gasteiger partial charge in [-0.3, -0.25) is 0 Å². The Hall–Kier alpha value is -3.55. The molecule has 6 nitrogen and oxygen atoms in total. The average Bonchev–Trinajstić information content (AvgIpc) is 3.43. The van der Waals surface area contributed by atoms with Crippen LogP contribution in [-0.2, 0) is 16.4 Å². The Balaban J connectivity index is 0.000000238. The van der Waals surface area contributed by atoms with Crippen LogP contribution >= 0.6 is 0 Å². The molecule has 1 aromatic heterocycles. The molecule has 0 unspecified atom stereocenters. The van der Waals surface area contributed by atoms with Crippen molar-refractivity contribution in [3.63, 3.8) is 0 Å². The zero-order valence-corrected chi connectivity index (χ0v) is 19.1. The van der Waals surface area contributed by atoms with E-state index in [1.807, 2.05) is 79.7 Å². The molecule has 7 heteroatoms. The summed E-state index contributed by atoms with van der Waals surface area (Å²) in [6.07, 6.45) is 2.24. The Morgan fingerprint density at radius 2 is 1.55 bits per heavy atom. The number of benzene rings is 3. The van der Waals surface area contributed by atoms with Crippen molar-refractivity contribution in [2.24, 2.45) is 0 Å². The van der Waals surface area contributed by atoms with Gasteiger partial charge >= 0.3 is 0 Å².